The molecule has 4 rings (SSSR count). The highest BCUT2D eigenvalue weighted by atomic mass is 35.5. The van der Waals surface area contributed by atoms with Crippen molar-refractivity contribution >= 4 is 34.4 Å². The Morgan fingerprint density at radius 1 is 1.20 bits per heavy atom. The summed E-state index contributed by atoms with van der Waals surface area (Å²) >= 11 is 7.62. The molecule has 0 radical (unpaired) electrons. The van der Waals surface area contributed by atoms with Crippen LogP contribution in [0.2, 0.25) is 5.02 Å². The number of thioether (sulfide) groups is 1. The van der Waals surface area contributed by atoms with Crippen molar-refractivity contribution in [2.24, 2.45) is 0 Å². The molecule has 0 unspecified atom stereocenters. The molecule has 2 aromatic heterocycles. The van der Waals surface area contributed by atoms with Crippen LogP contribution in [-0.2, 0) is 6.54 Å². The average Bonchev–Trinajstić information content (AvgIpc) is 2.76. The molecular formula is C22H17ClFN3O2S. The van der Waals surface area contributed by atoms with Gasteiger partial charge in [0.1, 0.15) is 17.2 Å². The monoisotopic (exact) mass is 441 g/mol. The van der Waals surface area contributed by atoms with Gasteiger partial charge in [0, 0.05) is 24.5 Å². The van der Waals surface area contributed by atoms with E-state index in [1.165, 1.54) is 30.1 Å². The largest absolute Gasteiger partial charge is 0.497 e. The molecule has 0 aliphatic carbocycles. The van der Waals surface area contributed by atoms with Gasteiger partial charge in [-0.2, -0.15) is 0 Å². The van der Waals surface area contributed by atoms with E-state index < -0.39 is 5.82 Å². The van der Waals surface area contributed by atoms with Gasteiger partial charge in [-0.1, -0.05) is 41.6 Å². The molecule has 0 bridgehead atoms. The second-order valence-electron chi connectivity index (χ2n) is 6.54. The fourth-order valence-electron chi connectivity index (χ4n) is 3.24. The van der Waals surface area contributed by atoms with Crippen molar-refractivity contribution in [3.8, 4) is 16.9 Å². The van der Waals surface area contributed by atoms with E-state index >= 15 is 0 Å². The summed E-state index contributed by atoms with van der Waals surface area (Å²) in [5, 5.41) is 1.02. The maximum absolute atomic E-state index is 14.6. The zero-order valence-corrected chi connectivity index (χ0v) is 17.8. The van der Waals surface area contributed by atoms with Crippen molar-refractivity contribution in [2.75, 3.05) is 13.4 Å². The predicted octanol–water partition coefficient (Wildman–Crippen LogP) is 5.03. The van der Waals surface area contributed by atoms with Gasteiger partial charge in [0.05, 0.1) is 23.1 Å². The van der Waals surface area contributed by atoms with E-state index in [4.69, 9.17) is 16.3 Å². The summed E-state index contributed by atoms with van der Waals surface area (Å²) in [6, 6.07) is 11.9. The summed E-state index contributed by atoms with van der Waals surface area (Å²) in [7, 11) is 1.61. The van der Waals surface area contributed by atoms with Gasteiger partial charge >= 0.3 is 0 Å². The summed E-state index contributed by atoms with van der Waals surface area (Å²) in [6.07, 6.45) is 4.95. The Bertz CT molecular complexity index is 1270. The van der Waals surface area contributed by atoms with E-state index in [0.29, 0.717) is 22.7 Å². The molecule has 0 spiro atoms. The van der Waals surface area contributed by atoms with Crippen molar-refractivity contribution in [3.05, 3.63) is 81.5 Å². The van der Waals surface area contributed by atoms with Crippen molar-refractivity contribution in [3.63, 3.8) is 0 Å². The third-order valence-electron chi connectivity index (χ3n) is 4.72. The number of aromatic nitrogens is 3. The fourth-order valence-corrected chi connectivity index (χ4v) is 3.84. The molecule has 0 saturated heterocycles. The third kappa shape index (κ3) is 3.78. The molecule has 0 aliphatic heterocycles. The summed E-state index contributed by atoms with van der Waals surface area (Å²) in [4.78, 5) is 21.9. The molecule has 0 fully saturated rings. The molecule has 8 heteroatoms. The topological polar surface area (TPSA) is 57.0 Å². The molecule has 0 saturated carbocycles. The Labute approximate surface area is 181 Å². The van der Waals surface area contributed by atoms with Crippen LogP contribution in [0.25, 0.3) is 22.2 Å². The van der Waals surface area contributed by atoms with Gasteiger partial charge in [-0.15, -0.1) is 0 Å². The van der Waals surface area contributed by atoms with Crippen molar-refractivity contribution in [1.29, 1.82) is 0 Å². The second kappa shape index (κ2) is 8.45. The number of hydrogen-bond acceptors (Lipinski definition) is 5. The fraction of sp³-hybridized carbons (Fsp3) is 0.136. The van der Waals surface area contributed by atoms with Gasteiger partial charge in [-0.3, -0.25) is 4.79 Å². The number of fused-ring (bicyclic) bond motifs is 1. The predicted molar refractivity (Wildman–Crippen MR) is 118 cm³/mol. The number of nitrogens with zero attached hydrogens (tertiary/aromatic N) is 3. The molecule has 4 aromatic rings. The van der Waals surface area contributed by atoms with Crippen molar-refractivity contribution in [2.45, 2.75) is 11.7 Å². The Morgan fingerprint density at radius 3 is 2.63 bits per heavy atom. The van der Waals surface area contributed by atoms with Gasteiger partial charge in [0.15, 0.2) is 5.16 Å². The zero-order chi connectivity index (χ0) is 21.3. The Balaban J connectivity index is 1.96. The van der Waals surface area contributed by atoms with Gasteiger partial charge in [0.25, 0.3) is 0 Å². The molecule has 0 aliphatic rings. The minimum Gasteiger partial charge on any atom is -0.497 e. The molecule has 2 heterocycles. The van der Waals surface area contributed by atoms with Crippen molar-refractivity contribution in [1.82, 2.24) is 14.5 Å². The smallest absolute Gasteiger partial charge is 0.200 e. The van der Waals surface area contributed by atoms with E-state index in [1.54, 1.807) is 19.4 Å². The number of hydrogen-bond donors (Lipinski definition) is 0. The van der Waals surface area contributed by atoms with E-state index in [1.807, 2.05) is 35.1 Å². The molecule has 2 aromatic carbocycles. The number of benzene rings is 2. The molecule has 152 valence electrons. The highest BCUT2D eigenvalue weighted by molar-refractivity contribution is 7.98. The molecule has 30 heavy (non-hydrogen) atoms. The number of halogens is 2. The quantitative estimate of drug-likeness (QED) is 0.321. The lowest BCUT2D eigenvalue weighted by Gasteiger charge is -2.14. The SMILES string of the molecule is COc1ccc(Cn2cc(-c3c(F)cccc3Cl)c(=O)c3cnc(SC)nc32)cc1. The van der Waals surface area contributed by atoms with Gasteiger partial charge < -0.3 is 9.30 Å². The van der Waals surface area contributed by atoms with Crippen LogP contribution < -0.4 is 10.2 Å². The summed E-state index contributed by atoms with van der Waals surface area (Å²) < 4.78 is 21.6. The first-order valence-corrected chi connectivity index (χ1v) is 10.6. The number of rotatable bonds is 5. The first-order valence-electron chi connectivity index (χ1n) is 9.03. The summed E-state index contributed by atoms with van der Waals surface area (Å²) in [6.45, 7) is 0.421. The van der Waals surface area contributed by atoms with Crippen LogP contribution in [0, 0.1) is 5.82 Å². The molecule has 5 nitrogen and oxygen atoms in total. The molecule has 0 atom stereocenters. The number of pyridine rings is 1. The molecular weight excluding hydrogens is 425 g/mol. The van der Waals surface area contributed by atoms with E-state index in [-0.39, 0.29) is 21.6 Å². The van der Waals surface area contributed by atoms with Crippen LogP contribution in [-0.4, -0.2) is 27.9 Å². The lowest BCUT2D eigenvalue weighted by Crippen LogP contribution is -2.15. The lowest BCUT2D eigenvalue weighted by molar-refractivity contribution is 0.414. The second-order valence-corrected chi connectivity index (χ2v) is 7.72. The first-order chi connectivity index (χ1) is 14.5. The van der Waals surface area contributed by atoms with Crippen LogP contribution >= 0.6 is 23.4 Å². The maximum Gasteiger partial charge on any atom is 0.200 e. The first kappa shape index (κ1) is 20.4. The Morgan fingerprint density at radius 2 is 1.97 bits per heavy atom. The van der Waals surface area contributed by atoms with E-state index in [2.05, 4.69) is 9.97 Å². The van der Waals surface area contributed by atoms with Gasteiger partial charge in [-0.05, 0) is 36.1 Å². The van der Waals surface area contributed by atoms with E-state index in [9.17, 15) is 9.18 Å². The highest BCUT2D eigenvalue weighted by Gasteiger charge is 2.18. The molecule has 0 amide bonds. The maximum atomic E-state index is 14.6. The van der Waals surface area contributed by atoms with Crippen LogP contribution in [0.3, 0.4) is 0 Å². The third-order valence-corrected chi connectivity index (χ3v) is 5.60. The minimum absolute atomic E-state index is 0.0727. The number of ether oxygens (including phenoxy) is 1. The normalized spacial score (nSPS) is 11.1. The average molecular weight is 442 g/mol. The van der Waals surface area contributed by atoms with Gasteiger partial charge in [0.2, 0.25) is 5.43 Å². The Kier molecular flexibility index (Phi) is 5.74. The van der Waals surface area contributed by atoms with Crippen LogP contribution in [0.5, 0.6) is 5.75 Å². The van der Waals surface area contributed by atoms with Crippen LogP contribution in [0.15, 0.2) is 64.8 Å². The molecule has 0 N–H and O–H groups in total. The van der Waals surface area contributed by atoms with Crippen molar-refractivity contribution < 1.29 is 9.13 Å². The van der Waals surface area contributed by atoms with Crippen LogP contribution in [0.4, 0.5) is 4.39 Å². The summed E-state index contributed by atoms with van der Waals surface area (Å²) in [5.41, 5.74) is 1.32. The minimum atomic E-state index is -0.559. The standard InChI is InChI=1S/C22H17ClFN3O2S/c1-29-14-8-6-13(7-9-14)11-27-12-16(19-17(23)4-3-5-18(19)24)20(28)15-10-25-22(30-2)26-21(15)27/h3-10,12H,11H2,1-2H3. The Hall–Kier alpha value is -2.90. The zero-order valence-electron chi connectivity index (χ0n) is 16.2. The van der Waals surface area contributed by atoms with E-state index in [0.717, 1.165) is 11.3 Å². The lowest BCUT2D eigenvalue weighted by atomic mass is 10.0. The van der Waals surface area contributed by atoms with Crippen LogP contribution in [0.1, 0.15) is 5.56 Å². The highest BCUT2D eigenvalue weighted by Crippen LogP contribution is 2.30. The number of methoxy groups -OCH3 is 1. The van der Waals surface area contributed by atoms with Gasteiger partial charge in [-0.25, -0.2) is 14.4 Å². The summed E-state index contributed by atoms with van der Waals surface area (Å²) in [5.74, 6) is 0.186.